The molecule has 0 saturated heterocycles. The van der Waals surface area contributed by atoms with Gasteiger partial charge >= 0.3 is 0 Å². The van der Waals surface area contributed by atoms with Crippen LogP contribution in [0.25, 0.3) is 61.7 Å². The van der Waals surface area contributed by atoms with E-state index in [1.54, 1.807) is 0 Å². The van der Waals surface area contributed by atoms with E-state index in [0.29, 0.717) is 0 Å². The van der Waals surface area contributed by atoms with Crippen LogP contribution in [-0.2, 0) is 36.4 Å². The van der Waals surface area contributed by atoms with Gasteiger partial charge in [-0.25, -0.2) is 0 Å². The van der Waals surface area contributed by atoms with Gasteiger partial charge in [0.1, 0.15) is 0 Å². The average Bonchev–Trinajstić information content (AvgIpc) is 3.68. The van der Waals surface area contributed by atoms with Crippen molar-refractivity contribution in [3.63, 3.8) is 0 Å². The van der Waals surface area contributed by atoms with Gasteiger partial charge in [-0.05, 0) is 122 Å². The second-order valence-electron chi connectivity index (χ2n) is 19.9. The van der Waals surface area contributed by atoms with E-state index in [4.69, 9.17) is 4.98 Å². The van der Waals surface area contributed by atoms with Crippen molar-refractivity contribution < 1.29 is 20.1 Å². The van der Waals surface area contributed by atoms with E-state index in [1.807, 2.05) is 6.20 Å². The first kappa shape index (κ1) is 45.4. The Balaban J connectivity index is 0.00000595. The molecule has 63 heavy (non-hydrogen) atoms. The zero-order valence-corrected chi connectivity index (χ0v) is 41.6. The number of imidazole rings is 1. The standard InChI is InChI=1S/C60H61N2.Ir/c1-39-18-16-19-40(2)56(39)62-54(45-28-34-51(35-29-45)60(11,12)50-22-14-13-15-23-50)38-61-57(62)47-21-17-20-46(36-47)55-41(3)52(43-24-30-48(31-25-43)58(5,6)7)37-53(42(55)4)44-26-32-49(33-27-44)59(8,9)10;/h13-20,22-38H,1-12H3;/q-1;. The van der Waals surface area contributed by atoms with Crippen molar-refractivity contribution >= 4 is 0 Å². The van der Waals surface area contributed by atoms with Gasteiger partial charge in [-0.2, -0.15) is 0 Å². The Labute approximate surface area is 390 Å². The average molecular weight is 1000 g/mol. The van der Waals surface area contributed by atoms with Crippen molar-refractivity contribution in [1.29, 1.82) is 0 Å². The molecular weight excluding hydrogens is 941 g/mol. The Morgan fingerprint density at radius 3 is 1.46 bits per heavy atom. The van der Waals surface area contributed by atoms with Crippen molar-refractivity contribution in [3.8, 4) is 61.7 Å². The zero-order valence-electron chi connectivity index (χ0n) is 39.2. The van der Waals surface area contributed by atoms with E-state index in [-0.39, 0.29) is 36.4 Å². The second kappa shape index (κ2) is 17.5. The number of para-hydroxylation sites is 1. The predicted octanol–water partition coefficient (Wildman–Crippen LogP) is 16.2. The number of nitrogens with zero attached hydrogens (tertiary/aromatic N) is 2. The Morgan fingerprint density at radius 1 is 0.476 bits per heavy atom. The third-order valence-electron chi connectivity index (χ3n) is 13.1. The van der Waals surface area contributed by atoms with Gasteiger partial charge in [0.25, 0.3) is 0 Å². The third kappa shape index (κ3) is 8.84. The van der Waals surface area contributed by atoms with Crippen molar-refractivity contribution in [1.82, 2.24) is 9.55 Å². The molecular formula is C60H61IrN2-. The normalized spacial score (nSPS) is 12.0. The number of hydrogen-bond acceptors (Lipinski definition) is 1. The topological polar surface area (TPSA) is 17.8 Å². The molecule has 2 nitrogen and oxygen atoms in total. The summed E-state index contributed by atoms with van der Waals surface area (Å²) in [4.78, 5) is 5.24. The minimum atomic E-state index is -0.133. The van der Waals surface area contributed by atoms with E-state index in [1.165, 1.54) is 72.3 Å². The van der Waals surface area contributed by atoms with Crippen molar-refractivity contribution in [3.05, 3.63) is 202 Å². The summed E-state index contributed by atoms with van der Waals surface area (Å²) in [5.74, 6) is 0.871. The maximum Gasteiger partial charge on any atom is 0.0634 e. The summed E-state index contributed by atoms with van der Waals surface area (Å²) in [5.41, 5.74) is 21.8. The number of hydrogen-bond donors (Lipinski definition) is 0. The Kier molecular flexibility index (Phi) is 12.6. The minimum Gasteiger partial charge on any atom is -0.333 e. The number of rotatable bonds is 8. The SMILES string of the molecule is Cc1cccc(C)c1-n1c(-c2ccc(C(C)(C)c3ccccc3)cc2)cnc1-c1[c-]ccc(-c2c(C)c(-c3ccc(C(C)(C)C)cc3)cc(-c3ccc(C(C)(C)C)cc3)c2C)c1.[Ir]. The Bertz CT molecular complexity index is 2780. The monoisotopic (exact) mass is 1000 g/mol. The largest absolute Gasteiger partial charge is 0.333 e. The van der Waals surface area contributed by atoms with E-state index in [9.17, 15) is 0 Å². The van der Waals surface area contributed by atoms with E-state index in [0.717, 1.165) is 33.9 Å². The maximum atomic E-state index is 5.24. The van der Waals surface area contributed by atoms with Crippen LogP contribution in [-0.4, -0.2) is 9.55 Å². The van der Waals surface area contributed by atoms with Crippen molar-refractivity contribution in [2.45, 2.75) is 99.3 Å². The van der Waals surface area contributed by atoms with Gasteiger partial charge in [-0.1, -0.05) is 177 Å². The fourth-order valence-corrected chi connectivity index (χ4v) is 9.20. The molecule has 1 heterocycles. The summed E-state index contributed by atoms with van der Waals surface area (Å²) in [5, 5.41) is 0. The smallest absolute Gasteiger partial charge is 0.0634 e. The number of aryl methyl sites for hydroxylation is 2. The van der Waals surface area contributed by atoms with Crippen LogP contribution in [0.1, 0.15) is 99.9 Å². The molecule has 7 aromatic carbocycles. The molecule has 0 bridgehead atoms. The molecule has 0 atom stereocenters. The van der Waals surface area contributed by atoms with Crippen molar-refractivity contribution in [2.24, 2.45) is 0 Å². The van der Waals surface area contributed by atoms with Gasteiger partial charge in [0.15, 0.2) is 0 Å². The van der Waals surface area contributed by atoms with E-state index in [2.05, 4.69) is 239 Å². The van der Waals surface area contributed by atoms with Gasteiger partial charge in [0, 0.05) is 37.4 Å². The molecule has 0 aliphatic rings. The van der Waals surface area contributed by atoms with Gasteiger partial charge in [-0.3, -0.25) is 4.98 Å². The van der Waals surface area contributed by atoms with Crippen LogP contribution in [0, 0.1) is 33.8 Å². The van der Waals surface area contributed by atoms with Crippen LogP contribution >= 0.6 is 0 Å². The summed E-state index contributed by atoms with van der Waals surface area (Å²) in [6.45, 7) is 27.2. The van der Waals surface area contributed by atoms with Crippen LogP contribution in [0.2, 0.25) is 0 Å². The van der Waals surface area contributed by atoms with Gasteiger partial charge < -0.3 is 4.57 Å². The van der Waals surface area contributed by atoms with Crippen LogP contribution < -0.4 is 0 Å². The first-order chi connectivity index (χ1) is 29.4. The molecule has 8 aromatic rings. The molecule has 0 spiro atoms. The molecule has 0 aliphatic heterocycles. The van der Waals surface area contributed by atoms with Crippen LogP contribution in [0.4, 0.5) is 0 Å². The summed E-state index contributed by atoms with van der Waals surface area (Å²) in [7, 11) is 0. The van der Waals surface area contributed by atoms with Crippen LogP contribution in [0.5, 0.6) is 0 Å². The van der Waals surface area contributed by atoms with E-state index >= 15 is 0 Å². The van der Waals surface area contributed by atoms with Gasteiger partial charge in [0.2, 0.25) is 0 Å². The fourth-order valence-electron chi connectivity index (χ4n) is 9.20. The summed E-state index contributed by atoms with van der Waals surface area (Å²) >= 11 is 0. The maximum absolute atomic E-state index is 5.24. The molecule has 0 aliphatic carbocycles. The predicted molar refractivity (Wildman–Crippen MR) is 264 cm³/mol. The van der Waals surface area contributed by atoms with Gasteiger partial charge in [0.05, 0.1) is 11.5 Å². The molecule has 3 heteroatoms. The first-order valence-electron chi connectivity index (χ1n) is 22.1. The summed E-state index contributed by atoms with van der Waals surface area (Å²) < 4.78 is 2.35. The Morgan fingerprint density at radius 2 is 0.952 bits per heavy atom. The molecule has 8 rings (SSSR count). The molecule has 1 radical (unpaired) electrons. The molecule has 1 aromatic heterocycles. The molecule has 0 unspecified atom stereocenters. The number of aromatic nitrogens is 2. The molecule has 321 valence electrons. The summed E-state index contributed by atoms with van der Waals surface area (Å²) in [6, 6.07) is 57.4. The van der Waals surface area contributed by atoms with Gasteiger partial charge in [-0.15, -0.1) is 35.4 Å². The molecule has 0 N–H and O–H groups in total. The van der Waals surface area contributed by atoms with E-state index < -0.39 is 0 Å². The fraction of sp³-hybridized carbons (Fsp3) is 0.250. The summed E-state index contributed by atoms with van der Waals surface area (Å²) in [6.07, 6.45) is 2.04. The van der Waals surface area contributed by atoms with Crippen LogP contribution in [0.3, 0.4) is 0 Å². The Hall–Kier alpha value is -5.60. The van der Waals surface area contributed by atoms with Crippen molar-refractivity contribution in [2.75, 3.05) is 0 Å². The first-order valence-corrected chi connectivity index (χ1v) is 22.1. The third-order valence-corrected chi connectivity index (χ3v) is 13.1. The van der Waals surface area contributed by atoms with Crippen LogP contribution in [0.15, 0.2) is 152 Å². The molecule has 0 saturated carbocycles. The minimum absolute atomic E-state index is 0. The zero-order chi connectivity index (χ0) is 44.1. The molecule has 0 fully saturated rings. The number of benzene rings is 7. The second-order valence-corrected chi connectivity index (χ2v) is 19.9. The molecule has 0 amide bonds. The quantitative estimate of drug-likeness (QED) is 0.139.